The van der Waals surface area contributed by atoms with Crippen LogP contribution in [-0.2, 0) is 6.18 Å². The fourth-order valence-electron chi connectivity index (χ4n) is 1.93. The highest BCUT2D eigenvalue weighted by Gasteiger charge is 2.35. The fourth-order valence-corrected chi connectivity index (χ4v) is 1.93. The van der Waals surface area contributed by atoms with Crippen LogP contribution in [0.2, 0.25) is 0 Å². The molecule has 22 heavy (non-hydrogen) atoms. The third-order valence-corrected chi connectivity index (χ3v) is 2.99. The number of benzene rings is 2. The number of anilines is 2. The third-order valence-electron chi connectivity index (χ3n) is 2.99. The normalized spacial score (nSPS) is 10.6. The Bertz CT molecular complexity index is 767. The molecule has 0 heterocycles. The molecule has 0 radical (unpaired) electrons. The summed E-state index contributed by atoms with van der Waals surface area (Å²) < 4.78 is 38.8. The third kappa shape index (κ3) is 2.85. The van der Waals surface area contributed by atoms with Crippen LogP contribution >= 0.6 is 0 Å². The Morgan fingerprint density at radius 2 is 1.59 bits per heavy atom. The Hall–Kier alpha value is -3.03. The van der Waals surface area contributed by atoms with E-state index in [-0.39, 0.29) is 5.69 Å². The number of halogens is 3. The van der Waals surface area contributed by atoms with Crippen LogP contribution in [0.15, 0.2) is 42.5 Å². The first kappa shape index (κ1) is 15.4. The van der Waals surface area contributed by atoms with E-state index in [1.54, 1.807) is 6.07 Å². The minimum Gasteiger partial charge on any atom is -0.278 e. The number of hydrazine groups is 1. The van der Waals surface area contributed by atoms with Crippen molar-refractivity contribution in [1.82, 2.24) is 0 Å². The van der Waals surface area contributed by atoms with Crippen LogP contribution in [0.25, 0.3) is 0 Å². The number of alkyl halides is 3. The van der Waals surface area contributed by atoms with Gasteiger partial charge in [-0.25, -0.2) is 5.84 Å². The van der Waals surface area contributed by atoms with Gasteiger partial charge in [0.1, 0.15) is 6.07 Å². The van der Waals surface area contributed by atoms with Gasteiger partial charge in [0.15, 0.2) is 0 Å². The molecule has 0 unspecified atom stereocenters. The summed E-state index contributed by atoms with van der Waals surface area (Å²) in [6.07, 6.45) is -4.65. The molecule has 7 heteroatoms. The smallest absolute Gasteiger partial charge is 0.278 e. The Labute approximate surface area is 124 Å². The van der Waals surface area contributed by atoms with Crippen LogP contribution in [0.3, 0.4) is 0 Å². The van der Waals surface area contributed by atoms with Gasteiger partial charge in [-0.15, -0.1) is 0 Å². The molecule has 110 valence electrons. The van der Waals surface area contributed by atoms with Crippen molar-refractivity contribution < 1.29 is 13.2 Å². The molecule has 0 saturated heterocycles. The van der Waals surface area contributed by atoms with Crippen molar-refractivity contribution >= 4 is 11.4 Å². The van der Waals surface area contributed by atoms with Crippen molar-refractivity contribution in [3.05, 3.63) is 59.2 Å². The van der Waals surface area contributed by atoms with E-state index in [4.69, 9.17) is 16.4 Å². The lowest BCUT2D eigenvalue weighted by atomic mass is 10.1. The van der Waals surface area contributed by atoms with Gasteiger partial charge in [0.25, 0.3) is 0 Å². The number of hydrogen-bond donors (Lipinski definition) is 1. The van der Waals surface area contributed by atoms with Gasteiger partial charge in [0.05, 0.1) is 34.1 Å². The zero-order chi connectivity index (χ0) is 16.3. The van der Waals surface area contributed by atoms with Crippen LogP contribution in [-0.4, -0.2) is 0 Å². The molecular weight excluding hydrogens is 293 g/mol. The highest BCUT2D eigenvalue weighted by Crippen LogP contribution is 2.36. The zero-order valence-electron chi connectivity index (χ0n) is 11.1. The summed E-state index contributed by atoms with van der Waals surface area (Å²) in [5, 5.41) is 18.8. The molecule has 0 fully saturated rings. The number of nitriles is 2. The van der Waals surface area contributed by atoms with E-state index in [9.17, 15) is 13.2 Å². The standard InChI is InChI=1S/C15H9F3N4/c16-15(17,18)13-2-1-3-14(12(13)9-20)22(21)11-6-4-10(8-19)5-7-11/h1-7H,21H2. The van der Waals surface area contributed by atoms with Gasteiger partial charge in [-0.3, -0.25) is 5.01 Å². The summed E-state index contributed by atoms with van der Waals surface area (Å²) in [6.45, 7) is 0. The lowest BCUT2D eigenvalue weighted by molar-refractivity contribution is -0.137. The van der Waals surface area contributed by atoms with E-state index in [1.807, 2.05) is 6.07 Å². The van der Waals surface area contributed by atoms with Gasteiger partial charge in [-0.05, 0) is 36.4 Å². The Morgan fingerprint density at radius 3 is 2.09 bits per heavy atom. The summed E-state index contributed by atoms with van der Waals surface area (Å²) in [6, 6.07) is 12.7. The average molecular weight is 302 g/mol. The Morgan fingerprint density at radius 1 is 0.955 bits per heavy atom. The molecule has 2 aromatic rings. The van der Waals surface area contributed by atoms with Crippen molar-refractivity contribution in [3.63, 3.8) is 0 Å². The van der Waals surface area contributed by atoms with Crippen molar-refractivity contribution in [2.45, 2.75) is 6.18 Å². The molecule has 0 aromatic heterocycles. The second-order valence-electron chi connectivity index (χ2n) is 4.34. The van der Waals surface area contributed by atoms with E-state index < -0.39 is 17.3 Å². The molecule has 2 N–H and O–H groups in total. The lowest BCUT2D eigenvalue weighted by Gasteiger charge is -2.21. The average Bonchev–Trinajstić information content (AvgIpc) is 2.52. The van der Waals surface area contributed by atoms with Gasteiger partial charge < -0.3 is 0 Å². The number of hydrogen-bond acceptors (Lipinski definition) is 4. The van der Waals surface area contributed by atoms with Crippen LogP contribution in [0.1, 0.15) is 16.7 Å². The molecule has 0 spiro atoms. The molecule has 0 bridgehead atoms. The first-order valence-electron chi connectivity index (χ1n) is 6.03. The summed E-state index contributed by atoms with van der Waals surface area (Å²) in [7, 11) is 0. The minimum atomic E-state index is -4.65. The molecule has 0 aliphatic heterocycles. The van der Waals surface area contributed by atoms with Crippen LogP contribution in [0.4, 0.5) is 24.5 Å². The van der Waals surface area contributed by atoms with E-state index >= 15 is 0 Å². The van der Waals surface area contributed by atoms with Gasteiger partial charge in [-0.2, -0.15) is 23.7 Å². The SMILES string of the molecule is N#Cc1ccc(N(N)c2cccc(C(F)(F)F)c2C#N)cc1. The molecule has 2 rings (SSSR count). The van der Waals surface area contributed by atoms with Gasteiger partial charge in [0.2, 0.25) is 0 Å². The summed E-state index contributed by atoms with van der Waals surface area (Å²) in [5.74, 6) is 5.83. The Kier molecular flexibility index (Phi) is 4.02. The summed E-state index contributed by atoms with van der Waals surface area (Å²) in [5.41, 5.74) is -0.919. The van der Waals surface area contributed by atoms with E-state index in [0.29, 0.717) is 11.3 Å². The molecular formula is C15H9F3N4. The van der Waals surface area contributed by atoms with Crippen molar-refractivity contribution in [2.75, 3.05) is 5.01 Å². The number of nitrogens with two attached hydrogens (primary N) is 1. The molecule has 0 amide bonds. The van der Waals surface area contributed by atoms with Crippen LogP contribution in [0, 0.1) is 22.7 Å². The molecule has 2 aromatic carbocycles. The minimum absolute atomic E-state index is 0.0676. The maximum atomic E-state index is 12.9. The van der Waals surface area contributed by atoms with Crippen LogP contribution in [0.5, 0.6) is 0 Å². The van der Waals surface area contributed by atoms with Crippen molar-refractivity contribution in [1.29, 1.82) is 10.5 Å². The molecule has 0 aliphatic rings. The lowest BCUT2D eigenvalue weighted by Crippen LogP contribution is -2.26. The topological polar surface area (TPSA) is 76.8 Å². The first-order valence-corrected chi connectivity index (χ1v) is 6.03. The monoisotopic (exact) mass is 302 g/mol. The largest absolute Gasteiger partial charge is 0.417 e. The molecule has 0 saturated carbocycles. The quantitative estimate of drug-likeness (QED) is 0.680. The van der Waals surface area contributed by atoms with Gasteiger partial charge in [0, 0.05) is 0 Å². The maximum absolute atomic E-state index is 12.9. The number of nitrogens with zero attached hydrogens (tertiary/aromatic N) is 3. The van der Waals surface area contributed by atoms with Gasteiger partial charge >= 0.3 is 6.18 Å². The zero-order valence-corrected chi connectivity index (χ0v) is 11.1. The summed E-state index contributed by atoms with van der Waals surface area (Å²) >= 11 is 0. The van der Waals surface area contributed by atoms with E-state index in [0.717, 1.165) is 11.1 Å². The summed E-state index contributed by atoms with van der Waals surface area (Å²) in [4.78, 5) is 0. The second kappa shape index (κ2) is 5.76. The predicted octanol–water partition coefficient (Wildman–Crippen LogP) is 3.46. The van der Waals surface area contributed by atoms with E-state index in [2.05, 4.69) is 0 Å². The predicted molar refractivity (Wildman–Crippen MR) is 73.6 cm³/mol. The van der Waals surface area contributed by atoms with Gasteiger partial charge in [-0.1, -0.05) is 6.07 Å². The maximum Gasteiger partial charge on any atom is 0.417 e. The van der Waals surface area contributed by atoms with Crippen molar-refractivity contribution in [3.8, 4) is 12.1 Å². The fraction of sp³-hybridized carbons (Fsp3) is 0.0667. The number of rotatable bonds is 2. The highest BCUT2D eigenvalue weighted by molar-refractivity contribution is 5.70. The highest BCUT2D eigenvalue weighted by atomic mass is 19.4. The molecule has 0 atom stereocenters. The van der Waals surface area contributed by atoms with Crippen LogP contribution < -0.4 is 10.9 Å². The Balaban J connectivity index is 2.52. The molecule has 0 aliphatic carbocycles. The van der Waals surface area contributed by atoms with E-state index in [1.165, 1.54) is 36.4 Å². The second-order valence-corrected chi connectivity index (χ2v) is 4.34. The first-order chi connectivity index (χ1) is 10.4. The molecule has 4 nitrogen and oxygen atoms in total. The van der Waals surface area contributed by atoms with Crippen molar-refractivity contribution in [2.24, 2.45) is 5.84 Å².